The molecule has 2 aromatic carbocycles. The predicted octanol–water partition coefficient (Wildman–Crippen LogP) is 3.76. The zero-order valence-corrected chi connectivity index (χ0v) is 14.1. The van der Waals surface area contributed by atoms with Crippen LogP contribution < -0.4 is 0 Å². The third kappa shape index (κ3) is 2.97. The molecule has 2 aromatic rings. The lowest BCUT2D eigenvalue weighted by molar-refractivity contribution is 0.498. The Kier molecular flexibility index (Phi) is 4.12. The summed E-state index contributed by atoms with van der Waals surface area (Å²) in [5.41, 5.74) is 2.14. The van der Waals surface area contributed by atoms with Gasteiger partial charge in [-0.05, 0) is 36.3 Å². The second kappa shape index (κ2) is 5.91. The molecule has 0 aliphatic carbocycles. The SMILES string of the molecule is Cc1ccc2c(c1)S/C(=C\c1ccccc1)CN(C)S2(=O)=O. The molecule has 0 spiro atoms. The van der Waals surface area contributed by atoms with E-state index in [1.807, 2.05) is 55.5 Å². The topological polar surface area (TPSA) is 37.4 Å². The number of sulfonamides is 1. The summed E-state index contributed by atoms with van der Waals surface area (Å²) < 4.78 is 26.7. The summed E-state index contributed by atoms with van der Waals surface area (Å²) in [6, 6.07) is 15.4. The maximum absolute atomic E-state index is 12.6. The van der Waals surface area contributed by atoms with E-state index in [4.69, 9.17) is 0 Å². The minimum absolute atomic E-state index is 0.385. The highest BCUT2D eigenvalue weighted by molar-refractivity contribution is 8.04. The molecule has 0 saturated heterocycles. The van der Waals surface area contributed by atoms with Crippen molar-refractivity contribution in [2.45, 2.75) is 16.7 Å². The van der Waals surface area contributed by atoms with Crippen molar-refractivity contribution in [2.24, 2.45) is 0 Å². The number of hydrogen-bond acceptors (Lipinski definition) is 3. The molecular formula is C17H17NO2S2. The third-order valence-corrected chi connectivity index (χ3v) is 6.59. The molecule has 22 heavy (non-hydrogen) atoms. The van der Waals surface area contributed by atoms with Gasteiger partial charge in [-0.25, -0.2) is 8.42 Å². The molecule has 5 heteroatoms. The summed E-state index contributed by atoms with van der Waals surface area (Å²) >= 11 is 1.53. The van der Waals surface area contributed by atoms with E-state index in [9.17, 15) is 8.42 Å². The van der Waals surface area contributed by atoms with E-state index < -0.39 is 10.0 Å². The average molecular weight is 331 g/mol. The molecule has 1 heterocycles. The lowest BCUT2D eigenvalue weighted by atomic mass is 10.2. The molecule has 0 atom stereocenters. The lowest BCUT2D eigenvalue weighted by Gasteiger charge is -2.14. The second-order valence-electron chi connectivity index (χ2n) is 5.33. The van der Waals surface area contributed by atoms with Gasteiger partial charge in [0.1, 0.15) is 0 Å². The first-order valence-electron chi connectivity index (χ1n) is 6.97. The van der Waals surface area contributed by atoms with Crippen LogP contribution in [0.2, 0.25) is 0 Å². The van der Waals surface area contributed by atoms with Crippen molar-refractivity contribution < 1.29 is 8.42 Å². The Labute approximate surface area is 135 Å². The number of nitrogens with zero attached hydrogens (tertiary/aromatic N) is 1. The van der Waals surface area contributed by atoms with E-state index in [-0.39, 0.29) is 0 Å². The normalized spacial score (nSPS) is 19.6. The van der Waals surface area contributed by atoms with Gasteiger partial charge in [0, 0.05) is 23.4 Å². The number of rotatable bonds is 1. The number of hydrogen-bond donors (Lipinski definition) is 0. The number of aryl methyl sites for hydroxylation is 1. The fourth-order valence-corrected chi connectivity index (χ4v) is 5.23. The van der Waals surface area contributed by atoms with Crippen molar-refractivity contribution in [2.75, 3.05) is 13.6 Å². The van der Waals surface area contributed by atoms with E-state index in [0.717, 1.165) is 20.9 Å². The molecule has 3 rings (SSSR count). The van der Waals surface area contributed by atoms with E-state index in [1.165, 1.54) is 16.1 Å². The number of thioether (sulfide) groups is 1. The lowest BCUT2D eigenvalue weighted by Crippen LogP contribution is -2.27. The molecule has 0 amide bonds. The molecule has 0 bridgehead atoms. The van der Waals surface area contributed by atoms with Crippen molar-refractivity contribution >= 4 is 27.9 Å². The van der Waals surface area contributed by atoms with Crippen LogP contribution in [0.5, 0.6) is 0 Å². The Morgan fingerprint density at radius 2 is 1.86 bits per heavy atom. The van der Waals surface area contributed by atoms with Crippen LogP contribution in [0, 0.1) is 6.92 Å². The molecule has 0 saturated carbocycles. The molecule has 3 nitrogen and oxygen atoms in total. The van der Waals surface area contributed by atoms with Crippen LogP contribution in [-0.4, -0.2) is 26.3 Å². The van der Waals surface area contributed by atoms with Gasteiger partial charge in [0.25, 0.3) is 0 Å². The van der Waals surface area contributed by atoms with Gasteiger partial charge in [-0.1, -0.05) is 48.2 Å². The molecule has 0 unspecified atom stereocenters. The summed E-state index contributed by atoms with van der Waals surface area (Å²) in [5.74, 6) is 0. The predicted molar refractivity (Wildman–Crippen MR) is 91.3 cm³/mol. The first-order chi connectivity index (χ1) is 10.5. The Bertz CT molecular complexity index is 827. The van der Waals surface area contributed by atoms with E-state index in [0.29, 0.717) is 11.4 Å². The summed E-state index contributed by atoms with van der Waals surface area (Å²) in [7, 11) is -1.80. The molecular weight excluding hydrogens is 314 g/mol. The Morgan fingerprint density at radius 3 is 2.59 bits per heavy atom. The summed E-state index contributed by atoms with van der Waals surface area (Å²) in [4.78, 5) is 2.20. The van der Waals surface area contributed by atoms with Gasteiger partial charge in [0.15, 0.2) is 0 Å². The molecule has 0 aromatic heterocycles. The largest absolute Gasteiger partial charge is 0.244 e. The van der Waals surface area contributed by atoms with Gasteiger partial charge in [-0.2, -0.15) is 4.31 Å². The zero-order chi connectivity index (χ0) is 15.7. The summed E-state index contributed by atoms with van der Waals surface area (Å²) in [6.45, 7) is 2.36. The zero-order valence-electron chi connectivity index (χ0n) is 12.5. The minimum Gasteiger partial charge on any atom is -0.207 e. The van der Waals surface area contributed by atoms with Gasteiger partial charge in [-0.3, -0.25) is 0 Å². The van der Waals surface area contributed by atoms with Gasteiger partial charge >= 0.3 is 0 Å². The van der Waals surface area contributed by atoms with Crippen molar-refractivity contribution in [3.63, 3.8) is 0 Å². The standard InChI is InChI=1S/C17H17NO2S2/c1-13-8-9-17-16(10-13)21-15(12-18(2)22(17,19)20)11-14-6-4-3-5-7-14/h3-11H,12H2,1-2H3/b15-11-. The van der Waals surface area contributed by atoms with Crippen LogP contribution in [0.3, 0.4) is 0 Å². The molecule has 1 aliphatic heterocycles. The Balaban J connectivity index is 2.10. The number of likely N-dealkylation sites (N-methyl/N-ethyl adjacent to an activating group) is 1. The van der Waals surface area contributed by atoms with Gasteiger partial charge in [0.2, 0.25) is 10.0 Å². The van der Waals surface area contributed by atoms with Gasteiger partial charge < -0.3 is 0 Å². The van der Waals surface area contributed by atoms with E-state index >= 15 is 0 Å². The van der Waals surface area contributed by atoms with Crippen molar-refractivity contribution in [1.29, 1.82) is 0 Å². The van der Waals surface area contributed by atoms with Crippen LogP contribution in [0.1, 0.15) is 11.1 Å². The average Bonchev–Trinajstić information content (AvgIpc) is 2.55. The van der Waals surface area contributed by atoms with E-state index in [1.54, 1.807) is 13.1 Å². The quantitative estimate of drug-likeness (QED) is 0.798. The van der Waals surface area contributed by atoms with Crippen LogP contribution in [0.4, 0.5) is 0 Å². The minimum atomic E-state index is -3.43. The van der Waals surface area contributed by atoms with Crippen molar-refractivity contribution in [1.82, 2.24) is 4.31 Å². The highest BCUT2D eigenvalue weighted by Crippen LogP contribution is 2.38. The van der Waals surface area contributed by atoms with Crippen LogP contribution in [0.15, 0.2) is 63.2 Å². The van der Waals surface area contributed by atoms with Crippen LogP contribution in [0.25, 0.3) is 6.08 Å². The summed E-state index contributed by atoms with van der Waals surface area (Å²) in [5, 5.41) is 0. The fraction of sp³-hybridized carbons (Fsp3) is 0.176. The van der Waals surface area contributed by atoms with Crippen molar-refractivity contribution in [3.05, 3.63) is 64.6 Å². The highest BCUT2D eigenvalue weighted by atomic mass is 32.2. The molecule has 0 radical (unpaired) electrons. The smallest absolute Gasteiger partial charge is 0.207 e. The van der Waals surface area contributed by atoms with Gasteiger partial charge in [-0.15, -0.1) is 0 Å². The first-order valence-corrected chi connectivity index (χ1v) is 9.23. The van der Waals surface area contributed by atoms with Crippen molar-refractivity contribution in [3.8, 4) is 0 Å². The first kappa shape index (κ1) is 15.3. The summed E-state index contributed by atoms with van der Waals surface area (Å²) in [6.07, 6.45) is 2.05. The Hall–Kier alpha value is -1.56. The highest BCUT2D eigenvalue weighted by Gasteiger charge is 2.29. The number of fused-ring (bicyclic) bond motifs is 1. The number of benzene rings is 2. The maximum Gasteiger partial charge on any atom is 0.244 e. The van der Waals surface area contributed by atoms with Crippen LogP contribution in [-0.2, 0) is 10.0 Å². The van der Waals surface area contributed by atoms with Gasteiger partial charge in [0.05, 0.1) is 4.90 Å². The molecule has 0 fully saturated rings. The molecule has 0 N–H and O–H groups in total. The third-order valence-electron chi connectivity index (χ3n) is 3.53. The van der Waals surface area contributed by atoms with E-state index in [2.05, 4.69) is 0 Å². The fourth-order valence-electron chi connectivity index (χ4n) is 2.36. The Morgan fingerprint density at radius 1 is 1.14 bits per heavy atom. The van der Waals surface area contributed by atoms with Crippen LogP contribution >= 0.6 is 11.8 Å². The maximum atomic E-state index is 12.6. The molecule has 114 valence electrons. The monoisotopic (exact) mass is 331 g/mol. The molecule has 1 aliphatic rings. The second-order valence-corrected chi connectivity index (χ2v) is 8.52.